The third kappa shape index (κ3) is 3.89. The number of hydrogen-bond donors (Lipinski definition) is 2. The fourth-order valence-corrected chi connectivity index (χ4v) is 2.07. The zero-order valence-corrected chi connectivity index (χ0v) is 10.4. The SMILES string of the molecule is CCOc1ccc(NCC2CCNCC2)cn1. The normalized spacial score (nSPS) is 16.8. The zero-order chi connectivity index (χ0) is 11.9. The van der Waals surface area contributed by atoms with Crippen LogP contribution in [-0.2, 0) is 0 Å². The Morgan fingerprint density at radius 3 is 2.88 bits per heavy atom. The van der Waals surface area contributed by atoms with E-state index in [0.29, 0.717) is 12.5 Å². The van der Waals surface area contributed by atoms with E-state index in [1.54, 1.807) is 0 Å². The molecule has 1 fully saturated rings. The van der Waals surface area contributed by atoms with Crippen LogP contribution in [-0.4, -0.2) is 31.2 Å². The van der Waals surface area contributed by atoms with Gasteiger partial charge in [-0.25, -0.2) is 4.98 Å². The average molecular weight is 235 g/mol. The number of nitrogens with one attached hydrogen (secondary N) is 2. The van der Waals surface area contributed by atoms with Crippen molar-refractivity contribution in [2.24, 2.45) is 5.92 Å². The predicted molar refractivity (Wildman–Crippen MR) is 69.5 cm³/mol. The first-order chi connectivity index (χ1) is 8.38. The molecule has 0 aliphatic carbocycles. The van der Waals surface area contributed by atoms with Crippen molar-refractivity contribution in [3.05, 3.63) is 18.3 Å². The van der Waals surface area contributed by atoms with Gasteiger partial charge >= 0.3 is 0 Å². The second-order valence-corrected chi connectivity index (χ2v) is 4.39. The van der Waals surface area contributed by atoms with Crippen molar-refractivity contribution in [1.82, 2.24) is 10.3 Å². The highest BCUT2D eigenvalue weighted by Crippen LogP contribution is 2.15. The van der Waals surface area contributed by atoms with Crippen LogP contribution in [0.2, 0.25) is 0 Å². The third-order valence-electron chi connectivity index (χ3n) is 3.08. The van der Waals surface area contributed by atoms with Crippen molar-refractivity contribution < 1.29 is 4.74 Å². The van der Waals surface area contributed by atoms with E-state index in [0.717, 1.165) is 31.2 Å². The van der Waals surface area contributed by atoms with Gasteiger partial charge in [-0.1, -0.05) is 0 Å². The van der Waals surface area contributed by atoms with Crippen LogP contribution >= 0.6 is 0 Å². The maximum Gasteiger partial charge on any atom is 0.213 e. The fourth-order valence-electron chi connectivity index (χ4n) is 2.07. The van der Waals surface area contributed by atoms with Crippen molar-refractivity contribution in [1.29, 1.82) is 0 Å². The molecule has 0 unspecified atom stereocenters. The Kier molecular flexibility index (Phi) is 4.62. The number of piperidine rings is 1. The molecule has 0 saturated carbocycles. The summed E-state index contributed by atoms with van der Waals surface area (Å²) in [5, 5.41) is 6.82. The van der Waals surface area contributed by atoms with Crippen LogP contribution in [0.3, 0.4) is 0 Å². The van der Waals surface area contributed by atoms with Gasteiger partial charge in [-0.15, -0.1) is 0 Å². The number of ether oxygens (including phenoxy) is 1. The summed E-state index contributed by atoms with van der Waals surface area (Å²) < 4.78 is 5.31. The lowest BCUT2D eigenvalue weighted by Gasteiger charge is -2.23. The standard InChI is InChI=1S/C13H21N3O/c1-2-17-13-4-3-12(10-16-13)15-9-11-5-7-14-8-6-11/h3-4,10-11,14-15H,2,5-9H2,1H3. The van der Waals surface area contributed by atoms with Crippen LogP contribution in [0.1, 0.15) is 19.8 Å². The molecule has 0 atom stereocenters. The number of anilines is 1. The van der Waals surface area contributed by atoms with E-state index in [-0.39, 0.29) is 0 Å². The molecule has 94 valence electrons. The van der Waals surface area contributed by atoms with Crippen LogP contribution in [0.25, 0.3) is 0 Å². The lowest BCUT2D eigenvalue weighted by atomic mass is 9.98. The van der Waals surface area contributed by atoms with Crippen LogP contribution in [0.4, 0.5) is 5.69 Å². The molecule has 17 heavy (non-hydrogen) atoms. The second-order valence-electron chi connectivity index (χ2n) is 4.39. The summed E-state index contributed by atoms with van der Waals surface area (Å²) in [6, 6.07) is 3.94. The first-order valence-electron chi connectivity index (χ1n) is 6.42. The highest BCUT2D eigenvalue weighted by atomic mass is 16.5. The molecule has 1 saturated heterocycles. The molecule has 2 N–H and O–H groups in total. The molecule has 2 heterocycles. The van der Waals surface area contributed by atoms with Crippen molar-refractivity contribution in [2.75, 3.05) is 31.6 Å². The summed E-state index contributed by atoms with van der Waals surface area (Å²) in [5.74, 6) is 1.47. The van der Waals surface area contributed by atoms with Gasteiger partial charge in [0.05, 0.1) is 18.5 Å². The van der Waals surface area contributed by atoms with E-state index >= 15 is 0 Å². The van der Waals surface area contributed by atoms with Crippen LogP contribution < -0.4 is 15.4 Å². The van der Waals surface area contributed by atoms with Crippen LogP contribution in [0, 0.1) is 5.92 Å². The summed E-state index contributed by atoms with van der Waals surface area (Å²) in [6.07, 6.45) is 4.36. The summed E-state index contributed by atoms with van der Waals surface area (Å²) in [7, 11) is 0. The number of hydrogen-bond acceptors (Lipinski definition) is 4. The smallest absolute Gasteiger partial charge is 0.213 e. The molecule has 0 aromatic carbocycles. The third-order valence-corrected chi connectivity index (χ3v) is 3.08. The van der Waals surface area contributed by atoms with Gasteiger partial charge < -0.3 is 15.4 Å². The minimum atomic E-state index is 0.662. The molecule has 2 rings (SSSR count). The van der Waals surface area contributed by atoms with E-state index in [1.165, 1.54) is 12.8 Å². The van der Waals surface area contributed by atoms with Crippen LogP contribution in [0.5, 0.6) is 5.88 Å². The summed E-state index contributed by atoms with van der Waals surface area (Å²) in [6.45, 7) is 5.96. The van der Waals surface area contributed by atoms with E-state index in [9.17, 15) is 0 Å². The molecule has 1 aromatic rings. The van der Waals surface area contributed by atoms with E-state index in [2.05, 4.69) is 15.6 Å². The molecule has 1 aliphatic rings. The van der Waals surface area contributed by atoms with Gasteiger partial charge in [0.15, 0.2) is 0 Å². The van der Waals surface area contributed by atoms with E-state index < -0.39 is 0 Å². The van der Waals surface area contributed by atoms with Crippen molar-refractivity contribution in [3.63, 3.8) is 0 Å². The molecular formula is C13H21N3O. The highest BCUT2D eigenvalue weighted by molar-refractivity contribution is 5.41. The van der Waals surface area contributed by atoms with Gasteiger partial charge in [0, 0.05) is 12.6 Å². The molecule has 1 aliphatic heterocycles. The Morgan fingerprint density at radius 1 is 1.41 bits per heavy atom. The molecule has 4 heteroatoms. The minimum absolute atomic E-state index is 0.662. The first kappa shape index (κ1) is 12.2. The van der Waals surface area contributed by atoms with E-state index in [1.807, 2.05) is 25.3 Å². The fraction of sp³-hybridized carbons (Fsp3) is 0.615. The minimum Gasteiger partial charge on any atom is -0.478 e. The Labute approximate surface area is 103 Å². The lowest BCUT2D eigenvalue weighted by Crippen LogP contribution is -2.31. The number of rotatable bonds is 5. The Hall–Kier alpha value is -1.29. The second kappa shape index (κ2) is 6.45. The topological polar surface area (TPSA) is 46.2 Å². The van der Waals surface area contributed by atoms with Gasteiger partial charge in [-0.2, -0.15) is 0 Å². The number of aromatic nitrogens is 1. The molecule has 0 amide bonds. The molecule has 0 spiro atoms. The van der Waals surface area contributed by atoms with Crippen molar-refractivity contribution in [3.8, 4) is 5.88 Å². The van der Waals surface area contributed by atoms with Gasteiger partial charge in [-0.05, 0) is 44.8 Å². The maximum atomic E-state index is 5.31. The van der Waals surface area contributed by atoms with Crippen LogP contribution in [0.15, 0.2) is 18.3 Å². The lowest BCUT2D eigenvalue weighted by molar-refractivity contribution is 0.327. The van der Waals surface area contributed by atoms with Crippen molar-refractivity contribution in [2.45, 2.75) is 19.8 Å². The Morgan fingerprint density at radius 2 is 2.24 bits per heavy atom. The first-order valence-corrected chi connectivity index (χ1v) is 6.42. The molecule has 1 aromatic heterocycles. The predicted octanol–water partition coefficient (Wildman–Crippen LogP) is 1.89. The quantitative estimate of drug-likeness (QED) is 0.818. The van der Waals surface area contributed by atoms with Gasteiger partial charge in [0.2, 0.25) is 5.88 Å². The summed E-state index contributed by atoms with van der Waals surface area (Å²) in [4.78, 5) is 4.24. The van der Waals surface area contributed by atoms with Gasteiger partial charge in [0.25, 0.3) is 0 Å². The monoisotopic (exact) mass is 235 g/mol. The van der Waals surface area contributed by atoms with Gasteiger partial charge in [-0.3, -0.25) is 0 Å². The average Bonchev–Trinajstić information content (AvgIpc) is 2.40. The Bertz CT molecular complexity index is 320. The molecule has 0 radical (unpaired) electrons. The largest absolute Gasteiger partial charge is 0.478 e. The molecule has 4 nitrogen and oxygen atoms in total. The van der Waals surface area contributed by atoms with Crippen molar-refractivity contribution >= 4 is 5.69 Å². The van der Waals surface area contributed by atoms with E-state index in [4.69, 9.17) is 4.74 Å². The molecular weight excluding hydrogens is 214 g/mol. The Balaban J connectivity index is 1.77. The van der Waals surface area contributed by atoms with Gasteiger partial charge in [0.1, 0.15) is 0 Å². The highest BCUT2D eigenvalue weighted by Gasteiger charge is 2.12. The number of nitrogens with zero attached hydrogens (tertiary/aromatic N) is 1. The maximum absolute atomic E-state index is 5.31. The summed E-state index contributed by atoms with van der Waals surface area (Å²) >= 11 is 0. The number of pyridine rings is 1. The zero-order valence-electron chi connectivity index (χ0n) is 10.4. The molecule has 0 bridgehead atoms. The summed E-state index contributed by atoms with van der Waals surface area (Å²) in [5.41, 5.74) is 1.08.